The normalized spacial score (nSPS) is 10.6. The monoisotopic (exact) mass is 295 g/mol. The molecule has 0 aliphatic carbocycles. The van der Waals surface area contributed by atoms with Crippen LogP contribution in [0, 0.1) is 12.7 Å². The third kappa shape index (κ3) is 3.11. The molecule has 1 heterocycles. The Morgan fingerprint density at radius 3 is 2.68 bits per heavy atom. The summed E-state index contributed by atoms with van der Waals surface area (Å²) in [5.74, 6) is -0.514. The Balaban J connectivity index is 1.73. The number of carbonyl (C=O) groups is 1. The first-order valence-electron chi connectivity index (χ1n) is 7.06. The van der Waals surface area contributed by atoms with Gasteiger partial charge in [0.15, 0.2) is 12.4 Å². The van der Waals surface area contributed by atoms with E-state index < -0.39 is 0 Å². The van der Waals surface area contributed by atoms with Crippen LogP contribution in [-0.4, -0.2) is 5.91 Å². The molecule has 110 valence electrons. The average Bonchev–Trinajstić information content (AvgIpc) is 2.51. The number of rotatable bonds is 3. The molecule has 4 heteroatoms. The molecule has 0 saturated carbocycles. The lowest BCUT2D eigenvalue weighted by Crippen LogP contribution is -2.39. The summed E-state index contributed by atoms with van der Waals surface area (Å²) >= 11 is 0. The third-order valence-corrected chi connectivity index (χ3v) is 3.53. The van der Waals surface area contributed by atoms with E-state index in [2.05, 4.69) is 5.32 Å². The van der Waals surface area contributed by atoms with Gasteiger partial charge in [0.2, 0.25) is 6.54 Å². The zero-order valence-corrected chi connectivity index (χ0v) is 12.2. The quantitative estimate of drug-likeness (QED) is 0.739. The van der Waals surface area contributed by atoms with Crippen LogP contribution in [0.3, 0.4) is 0 Å². The minimum absolute atomic E-state index is 0.181. The lowest BCUT2D eigenvalue weighted by atomic mass is 10.2. The van der Waals surface area contributed by atoms with Gasteiger partial charge in [-0.1, -0.05) is 24.3 Å². The predicted octanol–water partition coefficient (Wildman–Crippen LogP) is 3.21. The van der Waals surface area contributed by atoms with Gasteiger partial charge in [-0.25, -0.2) is 4.39 Å². The van der Waals surface area contributed by atoms with Gasteiger partial charge >= 0.3 is 0 Å². The highest BCUT2D eigenvalue weighted by molar-refractivity contribution is 5.89. The molecule has 0 unspecified atom stereocenters. The van der Waals surface area contributed by atoms with Crippen molar-refractivity contribution in [3.63, 3.8) is 0 Å². The predicted molar refractivity (Wildman–Crippen MR) is 83.9 cm³/mol. The maximum atomic E-state index is 13.5. The fourth-order valence-corrected chi connectivity index (χ4v) is 2.31. The van der Waals surface area contributed by atoms with Crippen molar-refractivity contribution in [1.82, 2.24) is 0 Å². The molecule has 0 spiro atoms. The van der Waals surface area contributed by atoms with Gasteiger partial charge in [0.1, 0.15) is 5.82 Å². The van der Waals surface area contributed by atoms with E-state index in [0.29, 0.717) is 11.3 Å². The Bertz CT molecular complexity index is 845. The topological polar surface area (TPSA) is 33.0 Å². The molecule has 0 atom stereocenters. The molecular formula is C18H16FN2O+. The Kier molecular flexibility index (Phi) is 3.83. The summed E-state index contributed by atoms with van der Waals surface area (Å²) < 4.78 is 15.3. The number of hydrogen-bond donors (Lipinski definition) is 1. The van der Waals surface area contributed by atoms with Crippen molar-refractivity contribution in [3.8, 4) is 0 Å². The second-order valence-electron chi connectivity index (χ2n) is 5.26. The largest absolute Gasteiger partial charge is 0.320 e. The van der Waals surface area contributed by atoms with E-state index in [1.54, 1.807) is 19.1 Å². The van der Waals surface area contributed by atoms with Gasteiger partial charge in [-0.15, -0.1) is 0 Å². The molecule has 0 aliphatic heterocycles. The van der Waals surface area contributed by atoms with Crippen LogP contribution in [0.2, 0.25) is 0 Å². The van der Waals surface area contributed by atoms with E-state index in [0.717, 1.165) is 10.8 Å². The standard InChI is InChI=1S/C18H15FN2O/c1-13-6-7-16(10-17(13)19)20-18(22)12-21-9-8-14-4-2-3-5-15(14)11-21/h2-11H,12H2,1H3/p+1. The number of amides is 1. The number of carbonyl (C=O) groups excluding carboxylic acids is 1. The first kappa shape index (κ1) is 14.2. The van der Waals surface area contributed by atoms with Crippen LogP contribution in [0.5, 0.6) is 0 Å². The Morgan fingerprint density at radius 2 is 1.91 bits per heavy atom. The zero-order chi connectivity index (χ0) is 15.5. The summed E-state index contributed by atoms with van der Waals surface area (Å²) in [6.45, 7) is 1.87. The molecule has 3 nitrogen and oxygen atoms in total. The van der Waals surface area contributed by atoms with E-state index in [4.69, 9.17) is 0 Å². The van der Waals surface area contributed by atoms with Crippen molar-refractivity contribution in [2.24, 2.45) is 0 Å². The fraction of sp³-hybridized carbons (Fsp3) is 0.111. The highest BCUT2D eigenvalue weighted by atomic mass is 19.1. The third-order valence-electron chi connectivity index (χ3n) is 3.53. The van der Waals surface area contributed by atoms with Crippen molar-refractivity contribution in [2.75, 3.05) is 5.32 Å². The van der Waals surface area contributed by atoms with E-state index in [1.165, 1.54) is 6.07 Å². The summed E-state index contributed by atoms with van der Waals surface area (Å²) in [7, 11) is 0. The number of hydrogen-bond acceptors (Lipinski definition) is 1. The lowest BCUT2D eigenvalue weighted by molar-refractivity contribution is -0.682. The first-order chi connectivity index (χ1) is 10.6. The molecule has 0 fully saturated rings. The number of fused-ring (bicyclic) bond motifs is 1. The Labute approximate surface area is 128 Å². The van der Waals surface area contributed by atoms with Crippen molar-refractivity contribution in [2.45, 2.75) is 13.5 Å². The molecule has 2 aromatic carbocycles. The van der Waals surface area contributed by atoms with Crippen molar-refractivity contribution in [1.29, 1.82) is 0 Å². The summed E-state index contributed by atoms with van der Waals surface area (Å²) in [4.78, 5) is 12.1. The fourth-order valence-electron chi connectivity index (χ4n) is 2.31. The van der Waals surface area contributed by atoms with Gasteiger partial charge in [-0.2, -0.15) is 4.57 Å². The molecule has 0 bridgehead atoms. The van der Waals surface area contributed by atoms with Gasteiger partial charge < -0.3 is 5.32 Å². The second kappa shape index (κ2) is 5.93. The molecule has 3 rings (SSSR count). The number of pyridine rings is 1. The number of aromatic nitrogens is 1. The molecule has 1 N–H and O–H groups in total. The number of nitrogens with one attached hydrogen (secondary N) is 1. The molecule has 3 aromatic rings. The van der Waals surface area contributed by atoms with Gasteiger partial charge in [0.05, 0.1) is 0 Å². The number of nitrogens with zero attached hydrogens (tertiary/aromatic N) is 1. The minimum atomic E-state index is -0.323. The molecule has 0 radical (unpaired) electrons. The average molecular weight is 295 g/mol. The molecule has 0 saturated heterocycles. The van der Waals surface area contributed by atoms with E-state index in [-0.39, 0.29) is 18.3 Å². The van der Waals surface area contributed by atoms with Gasteiger partial charge in [0.25, 0.3) is 5.91 Å². The smallest absolute Gasteiger partial charge is 0.290 e. The summed E-state index contributed by atoms with van der Waals surface area (Å²) in [5, 5.41) is 4.90. The number of halogens is 1. The van der Waals surface area contributed by atoms with Crippen LogP contribution in [0.15, 0.2) is 60.9 Å². The van der Waals surface area contributed by atoms with E-state index >= 15 is 0 Å². The van der Waals surface area contributed by atoms with Crippen LogP contribution >= 0.6 is 0 Å². The van der Waals surface area contributed by atoms with Crippen molar-refractivity contribution >= 4 is 22.4 Å². The molecular weight excluding hydrogens is 279 g/mol. The summed E-state index contributed by atoms with van der Waals surface area (Å²) in [5.41, 5.74) is 1.02. The number of anilines is 1. The van der Waals surface area contributed by atoms with Gasteiger partial charge in [-0.3, -0.25) is 4.79 Å². The lowest BCUT2D eigenvalue weighted by Gasteiger charge is -2.05. The van der Waals surface area contributed by atoms with E-state index in [1.807, 2.05) is 47.3 Å². The van der Waals surface area contributed by atoms with Crippen LogP contribution in [0.25, 0.3) is 10.8 Å². The first-order valence-corrected chi connectivity index (χ1v) is 7.06. The van der Waals surface area contributed by atoms with Crippen molar-refractivity contribution in [3.05, 3.63) is 72.3 Å². The molecule has 1 amide bonds. The van der Waals surface area contributed by atoms with Gasteiger partial charge in [0, 0.05) is 17.1 Å². The van der Waals surface area contributed by atoms with Crippen LogP contribution in [-0.2, 0) is 11.3 Å². The number of aryl methyl sites for hydroxylation is 1. The number of benzene rings is 2. The minimum Gasteiger partial charge on any atom is -0.320 e. The summed E-state index contributed by atoms with van der Waals surface area (Å²) in [6, 6.07) is 14.6. The van der Waals surface area contributed by atoms with Crippen LogP contribution in [0.4, 0.5) is 10.1 Å². The second-order valence-corrected chi connectivity index (χ2v) is 5.26. The highest BCUT2D eigenvalue weighted by Gasteiger charge is 2.11. The SMILES string of the molecule is Cc1ccc(NC(=O)C[n+]2ccc3ccccc3c2)cc1F. The Hall–Kier alpha value is -2.75. The van der Waals surface area contributed by atoms with Crippen LogP contribution in [0.1, 0.15) is 5.56 Å². The molecule has 1 aromatic heterocycles. The zero-order valence-electron chi connectivity index (χ0n) is 12.2. The highest BCUT2D eigenvalue weighted by Crippen LogP contribution is 2.13. The van der Waals surface area contributed by atoms with Gasteiger partial charge in [-0.05, 0) is 36.1 Å². The molecule has 22 heavy (non-hydrogen) atoms. The maximum absolute atomic E-state index is 13.5. The molecule has 0 aliphatic rings. The Morgan fingerprint density at radius 1 is 1.14 bits per heavy atom. The van der Waals surface area contributed by atoms with Crippen LogP contribution < -0.4 is 9.88 Å². The maximum Gasteiger partial charge on any atom is 0.290 e. The van der Waals surface area contributed by atoms with E-state index in [9.17, 15) is 9.18 Å². The summed E-state index contributed by atoms with van der Waals surface area (Å²) in [6.07, 6.45) is 3.78. The van der Waals surface area contributed by atoms with Crippen molar-refractivity contribution < 1.29 is 13.8 Å².